The van der Waals surface area contributed by atoms with Crippen LogP contribution in [0.1, 0.15) is 72.3 Å². The Kier molecular flexibility index (Phi) is 13.5. The summed E-state index contributed by atoms with van der Waals surface area (Å²) >= 11 is 6.44. The number of thiol groups is 2. The van der Waals surface area contributed by atoms with E-state index >= 15 is 4.39 Å². The predicted molar refractivity (Wildman–Crippen MR) is 220 cm³/mol. The number of hydrogen-bond donors (Lipinski definition) is 3. The molecule has 4 aromatic rings. The fraction of sp³-hybridized carbons (Fsp3) is 0.425. The van der Waals surface area contributed by atoms with Gasteiger partial charge in [0.2, 0.25) is 5.91 Å². The zero-order valence-electron chi connectivity index (χ0n) is 31.0. The number of esters is 1. The Morgan fingerprint density at radius 1 is 0.945 bits per heavy atom. The molecule has 7 rings (SSSR count). The number of ether oxygens (including phenoxy) is 2. The van der Waals surface area contributed by atoms with E-state index < -0.39 is 35.3 Å². The van der Waals surface area contributed by atoms with Gasteiger partial charge in [-0.05, 0) is 73.2 Å². The molecule has 0 spiro atoms. The Labute approximate surface area is 333 Å². The molecule has 1 amide bonds. The molecular formula is C40H47FN4O7S3. The molecule has 3 aliphatic rings. The van der Waals surface area contributed by atoms with E-state index in [2.05, 4.69) is 28.2 Å². The number of anilines is 2. The average molecular weight is 811 g/mol. The maximum Gasteiger partial charge on any atom is 0.337 e. The lowest BCUT2D eigenvalue weighted by atomic mass is 9.81. The molecule has 3 fully saturated rings. The second-order valence-electron chi connectivity index (χ2n) is 14.0. The summed E-state index contributed by atoms with van der Waals surface area (Å²) in [5.41, 5.74) is 5.07. The summed E-state index contributed by atoms with van der Waals surface area (Å²) in [6.07, 6.45) is 7.95. The minimum Gasteiger partial charge on any atom is -0.489 e. The molecule has 55 heavy (non-hydrogen) atoms. The van der Waals surface area contributed by atoms with Crippen LogP contribution in [0.15, 0.2) is 54.6 Å². The zero-order chi connectivity index (χ0) is 39.2. The van der Waals surface area contributed by atoms with Crippen LogP contribution in [-0.4, -0.2) is 82.1 Å². The van der Waals surface area contributed by atoms with E-state index in [4.69, 9.17) is 9.47 Å². The van der Waals surface area contributed by atoms with Gasteiger partial charge in [-0.2, -0.15) is 0 Å². The normalized spacial score (nSPS) is 17.2. The fourth-order valence-electron chi connectivity index (χ4n) is 8.23. The molecule has 1 unspecified atom stereocenters. The number of carbonyl (C=O) groups is 3. The highest BCUT2D eigenvalue weighted by Crippen LogP contribution is 2.45. The number of benzene rings is 3. The molecule has 294 valence electrons. The van der Waals surface area contributed by atoms with E-state index in [1.165, 1.54) is 13.2 Å². The molecule has 1 aromatic heterocycles. The van der Waals surface area contributed by atoms with Crippen LogP contribution < -0.4 is 14.5 Å². The van der Waals surface area contributed by atoms with Gasteiger partial charge in [-0.25, -0.2) is 17.7 Å². The Morgan fingerprint density at radius 3 is 2.33 bits per heavy atom. The number of carboxylic acid groups (broad SMARTS) is 1. The lowest BCUT2D eigenvalue weighted by Crippen LogP contribution is -2.47. The molecule has 2 aliphatic heterocycles. The third-order valence-electron chi connectivity index (χ3n) is 10.8. The SMILES string of the molecule is COC(=O)c1ccc2c(C3CCCCC3)c(-c3ccc(OCc4cc(N5CCCC5=O)ccc4N4CCN(S(C)=O)CC4)cc3F)n(CC(=O)O)c2c1.SS. The number of carbonyl (C=O) groups excluding carboxylic acids is 2. The van der Waals surface area contributed by atoms with Crippen molar-refractivity contribution in [1.29, 1.82) is 0 Å². The van der Waals surface area contributed by atoms with E-state index in [0.29, 0.717) is 56.1 Å². The first-order chi connectivity index (χ1) is 26.6. The first-order valence-electron chi connectivity index (χ1n) is 18.5. The van der Waals surface area contributed by atoms with Crippen molar-refractivity contribution >= 4 is 74.4 Å². The van der Waals surface area contributed by atoms with Crippen molar-refractivity contribution in [2.75, 3.05) is 55.9 Å². The van der Waals surface area contributed by atoms with E-state index in [1.54, 1.807) is 40.0 Å². The smallest absolute Gasteiger partial charge is 0.337 e. The van der Waals surface area contributed by atoms with Crippen molar-refractivity contribution in [3.05, 3.63) is 77.1 Å². The number of piperazine rings is 1. The van der Waals surface area contributed by atoms with Gasteiger partial charge in [-0.15, -0.1) is 23.3 Å². The summed E-state index contributed by atoms with van der Waals surface area (Å²) in [7, 11) is 0.248. The van der Waals surface area contributed by atoms with Crippen LogP contribution in [0.4, 0.5) is 15.8 Å². The van der Waals surface area contributed by atoms with Crippen LogP contribution in [-0.2, 0) is 38.5 Å². The monoisotopic (exact) mass is 810 g/mol. The molecule has 15 heteroatoms. The van der Waals surface area contributed by atoms with Gasteiger partial charge < -0.3 is 28.9 Å². The van der Waals surface area contributed by atoms with Crippen LogP contribution >= 0.6 is 23.3 Å². The number of nitrogens with zero attached hydrogens (tertiary/aromatic N) is 4. The minimum absolute atomic E-state index is 0.0794. The molecule has 1 aliphatic carbocycles. The highest BCUT2D eigenvalue weighted by Gasteiger charge is 2.30. The average Bonchev–Trinajstić information content (AvgIpc) is 3.77. The van der Waals surface area contributed by atoms with E-state index in [1.807, 2.05) is 28.6 Å². The molecule has 3 aromatic carbocycles. The minimum atomic E-state index is -1.08. The topological polar surface area (TPSA) is 122 Å². The van der Waals surface area contributed by atoms with Gasteiger partial charge in [0.15, 0.2) is 0 Å². The summed E-state index contributed by atoms with van der Waals surface area (Å²) in [5.74, 6) is -1.69. The second-order valence-corrected chi connectivity index (χ2v) is 15.4. The fourth-order valence-corrected chi connectivity index (χ4v) is 8.90. The van der Waals surface area contributed by atoms with Gasteiger partial charge in [0, 0.05) is 79.4 Å². The summed E-state index contributed by atoms with van der Waals surface area (Å²) in [5, 5.41) is 10.8. The van der Waals surface area contributed by atoms with Gasteiger partial charge in [0.05, 0.1) is 34.9 Å². The Morgan fingerprint density at radius 2 is 1.69 bits per heavy atom. The maximum absolute atomic E-state index is 16.5. The molecule has 1 atom stereocenters. The number of aliphatic carboxylic acids is 1. The molecule has 0 radical (unpaired) electrons. The third kappa shape index (κ3) is 8.84. The van der Waals surface area contributed by atoms with E-state index in [-0.39, 0.29) is 29.6 Å². The van der Waals surface area contributed by atoms with Crippen molar-refractivity contribution in [3.8, 4) is 17.0 Å². The highest BCUT2D eigenvalue weighted by molar-refractivity contribution is 8.59. The van der Waals surface area contributed by atoms with Gasteiger partial charge in [-0.3, -0.25) is 9.59 Å². The van der Waals surface area contributed by atoms with Gasteiger partial charge >= 0.3 is 11.9 Å². The van der Waals surface area contributed by atoms with Crippen molar-refractivity contribution < 1.29 is 37.6 Å². The summed E-state index contributed by atoms with van der Waals surface area (Å²) in [6.45, 7) is 2.99. The van der Waals surface area contributed by atoms with Gasteiger partial charge in [0.1, 0.15) is 24.7 Å². The quantitative estimate of drug-likeness (QED) is 0.0824. The molecule has 1 N–H and O–H groups in total. The number of carboxylic acids is 1. The number of rotatable bonds is 11. The molecule has 0 bridgehead atoms. The van der Waals surface area contributed by atoms with Crippen LogP contribution in [0.2, 0.25) is 0 Å². The van der Waals surface area contributed by atoms with Gasteiger partial charge in [0.25, 0.3) is 0 Å². The van der Waals surface area contributed by atoms with Crippen LogP contribution in [0, 0.1) is 5.82 Å². The van der Waals surface area contributed by atoms with Gasteiger partial charge in [-0.1, -0.05) is 25.3 Å². The first kappa shape index (κ1) is 40.6. The highest BCUT2D eigenvalue weighted by atomic mass is 33.1. The lowest BCUT2D eigenvalue weighted by molar-refractivity contribution is -0.137. The van der Waals surface area contributed by atoms with Crippen molar-refractivity contribution in [2.45, 2.75) is 64.0 Å². The molecule has 1 saturated carbocycles. The van der Waals surface area contributed by atoms with Crippen molar-refractivity contribution in [3.63, 3.8) is 0 Å². The molecule has 3 heterocycles. The number of aromatic nitrogens is 1. The summed E-state index contributed by atoms with van der Waals surface area (Å²) in [6, 6.07) is 15.8. The van der Waals surface area contributed by atoms with E-state index in [9.17, 15) is 23.7 Å². The van der Waals surface area contributed by atoms with Crippen LogP contribution in [0.25, 0.3) is 22.2 Å². The maximum atomic E-state index is 16.5. The van der Waals surface area contributed by atoms with E-state index in [0.717, 1.165) is 66.4 Å². The Balaban J connectivity index is 0.00000253. The third-order valence-corrected chi connectivity index (χ3v) is 11.9. The molecular weight excluding hydrogens is 764 g/mol. The Hall–Kier alpha value is -4.05. The predicted octanol–water partition coefficient (Wildman–Crippen LogP) is 7.25. The molecule has 11 nitrogen and oxygen atoms in total. The lowest BCUT2D eigenvalue weighted by Gasteiger charge is -2.36. The van der Waals surface area contributed by atoms with Crippen molar-refractivity contribution in [1.82, 2.24) is 8.87 Å². The zero-order valence-corrected chi connectivity index (χ0v) is 33.6. The largest absolute Gasteiger partial charge is 0.489 e. The number of hydrogen-bond acceptors (Lipinski definition) is 9. The summed E-state index contributed by atoms with van der Waals surface area (Å²) in [4.78, 5) is 41.4. The van der Waals surface area contributed by atoms with Crippen molar-refractivity contribution in [2.24, 2.45) is 0 Å². The summed E-state index contributed by atoms with van der Waals surface area (Å²) < 4.78 is 43.3. The second kappa shape index (κ2) is 18.3. The van der Waals surface area contributed by atoms with Crippen LogP contribution in [0.3, 0.4) is 0 Å². The number of methoxy groups -OCH3 is 1. The first-order valence-corrected chi connectivity index (χ1v) is 21.6. The Bertz CT molecular complexity index is 2080. The van der Waals surface area contributed by atoms with Crippen LogP contribution in [0.5, 0.6) is 5.75 Å². The standard InChI is InChI=1S/C40H45FN4O7S.H2S2/c1-51-40(49)27-10-13-32-35(22-27)45(24-37(47)48)39(38(32)26-7-4-3-5-8-26)31-14-12-30(23-33(31)41)52-25-28-21-29(44-16-6-9-36(44)46)11-15-34(28)42-17-19-43(20-18-42)53(2)50;1-2/h10-15,21-23,26H,3-9,16-20,24-25H2,1-2H3,(H,47,48);1-2H. The number of amides is 1. The molecule has 2 saturated heterocycles. The number of halogens is 1. The number of fused-ring (bicyclic) bond motifs is 1.